The van der Waals surface area contributed by atoms with Crippen LogP contribution >= 0.6 is 0 Å². The monoisotopic (exact) mass is 274 g/mol. The Morgan fingerprint density at radius 2 is 2.30 bits per heavy atom. The molecule has 4 nitrogen and oxygen atoms in total. The van der Waals surface area contributed by atoms with Gasteiger partial charge in [-0.25, -0.2) is 0 Å². The molecule has 3 rings (SSSR count). The first-order chi connectivity index (χ1) is 9.83. The van der Waals surface area contributed by atoms with Crippen molar-refractivity contribution in [2.24, 2.45) is 0 Å². The number of nitrogens with one attached hydrogen (secondary N) is 2. The first-order valence-corrected chi connectivity index (χ1v) is 7.52. The number of hydrogen-bond acceptors (Lipinski definition) is 3. The minimum Gasteiger partial charge on any atom is -0.378 e. The Bertz CT molecular complexity index is 469. The molecule has 1 fully saturated rings. The van der Waals surface area contributed by atoms with Gasteiger partial charge < -0.3 is 15.4 Å². The molecular formula is C16H22N2O2. The van der Waals surface area contributed by atoms with E-state index in [1.165, 1.54) is 11.1 Å². The Balaban J connectivity index is 1.52. The number of amides is 1. The summed E-state index contributed by atoms with van der Waals surface area (Å²) < 4.78 is 5.50. The van der Waals surface area contributed by atoms with Gasteiger partial charge in [-0.1, -0.05) is 24.3 Å². The van der Waals surface area contributed by atoms with E-state index in [2.05, 4.69) is 34.9 Å². The highest BCUT2D eigenvalue weighted by Gasteiger charge is 2.22. The van der Waals surface area contributed by atoms with Crippen LogP contribution in [0.1, 0.15) is 36.4 Å². The lowest BCUT2D eigenvalue weighted by Crippen LogP contribution is -2.39. The first-order valence-electron chi connectivity index (χ1n) is 7.52. The molecule has 2 N–H and O–H groups in total. The molecule has 0 unspecified atom stereocenters. The Hall–Kier alpha value is -1.39. The number of hydrogen-bond donors (Lipinski definition) is 2. The van der Waals surface area contributed by atoms with E-state index in [0.29, 0.717) is 13.0 Å². The van der Waals surface area contributed by atoms with Crippen molar-refractivity contribution in [3.05, 3.63) is 35.4 Å². The van der Waals surface area contributed by atoms with Crippen LogP contribution in [0.3, 0.4) is 0 Å². The van der Waals surface area contributed by atoms with Crippen molar-refractivity contribution in [3.63, 3.8) is 0 Å². The molecule has 0 spiro atoms. The predicted molar refractivity (Wildman–Crippen MR) is 77.5 cm³/mol. The Kier molecular flexibility index (Phi) is 4.33. The van der Waals surface area contributed by atoms with Crippen molar-refractivity contribution < 1.29 is 9.53 Å². The summed E-state index contributed by atoms with van der Waals surface area (Å²) in [7, 11) is 0. The highest BCUT2D eigenvalue weighted by molar-refractivity contribution is 5.76. The highest BCUT2D eigenvalue weighted by atomic mass is 16.5. The van der Waals surface area contributed by atoms with Crippen LogP contribution in [0.5, 0.6) is 0 Å². The molecule has 108 valence electrons. The molecule has 2 aliphatic heterocycles. The molecule has 2 aliphatic rings. The Morgan fingerprint density at radius 3 is 3.15 bits per heavy atom. The van der Waals surface area contributed by atoms with Crippen LogP contribution in [0, 0.1) is 0 Å². The van der Waals surface area contributed by atoms with E-state index >= 15 is 0 Å². The average molecular weight is 274 g/mol. The molecule has 0 saturated carbocycles. The fourth-order valence-electron chi connectivity index (χ4n) is 3.08. The summed E-state index contributed by atoms with van der Waals surface area (Å²) >= 11 is 0. The summed E-state index contributed by atoms with van der Waals surface area (Å²) in [5, 5.41) is 6.52. The van der Waals surface area contributed by atoms with Crippen LogP contribution in [0.25, 0.3) is 0 Å². The molecule has 0 aliphatic carbocycles. The van der Waals surface area contributed by atoms with Gasteiger partial charge in [0.2, 0.25) is 5.91 Å². The first kappa shape index (κ1) is 13.6. The van der Waals surface area contributed by atoms with Gasteiger partial charge in [0.15, 0.2) is 0 Å². The summed E-state index contributed by atoms with van der Waals surface area (Å²) in [5.41, 5.74) is 2.71. The van der Waals surface area contributed by atoms with Crippen LogP contribution in [-0.2, 0) is 16.0 Å². The van der Waals surface area contributed by atoms with E-state index in [1.807, 2.05) is 0 Å². The third kappa shape index (κ3) is 3.19. The molecule has 20 heavy (non-hydrogen) atoms. The summed E-state index contributed by atoms with van der Waals surface area (Å²) in [4.78, 5) is 11.9. The zero-order valence-corrected chi connectivity index (χ0v) is 11.7. The van der Waals surface area contributed by atoms with Crippen LogP contribution in [0.15, 0.2) is 24.3 Å². The second kappa shape index (κ2) is 6.37. The zero-order chi connectivity index (χ0) is 13.8. The van der Waals surface area contributed by atoms with Gasteiger partial charge in [0.05, 0.1) is 12.5 Å². The van der Waals surface area contributed by atoms with Crippen LogP contribution < -0.4 is 10.6 Å². The standard InChI is InChI=1S/C16H22N2O2/c19-16(10-13-5-3-9-20-13)18-11-15-14-6-2-1-4-12(14)7-8-17-15/h1-2,4,6,13,15,17H,3,5,7-11H2,(H,18,19)/t13-,15-/m0/s1. The maximum absolute atomic E-state index is 11.9. The maximum atomic E-state index is 11.9. The van der Waals surface area contributed by atoms with Gasteiger partial charge in [-0.3, -0.25) is 4.79 Å². The van der Waals surface area contributed by atoms with Gasteiger partial charge in [0.25, 0.3) is 0 Å². The van der Waals surface area contributed by atoms with Gasteiger partial charge in [-0.15, -0.1) is 0 Å². The van der Waals surface area contributed by atoms with E-state index in [-0.39, 0.29) is 18.1 Å². The van der Waals surface area contributed by atoms with Crippen LogP contribution in [0.4, 0.5) is 0 Å². The van der Waals surface area contributed by atoms with Gasteiger partial charge in [-0.2, -0.15) is 0 Å². The molecule has 0 aromatic heterocycles. The molecule has 2 atom stereocenters. The number of fused-ring (bicyclic) bond motifs is 1. The summed E-state index contributed by atoms with van der Waals surface area (Å²) in [6, 6.07) is 8.70. The van der Waals surface area contributed by atoms with Crippen molar-refractivity contribution in [1.82, 2.24) is 10.6 Å². The van der Waals surface area contributed by atoms with Gasteiger partial charge in [-0.05, 0) is 36.9 Å². The molecule has 1 saturated heterocycles. The molecule has 2 heterocycles. The predicted octanol–water partition coefficient (Wildman–Crippen LogP) is 1.56. The molecule has 4 heteroatoms. The third-order valence-electron chi connectivity index (χ3n) is 4.16. The minimum atomic E-state index is 0.0988. The topological polar surface area (TPSA) is 50.4 Å². The van der Waals surface area contributed by atoms with E-state index in [1.54, 1.807) is 0 Å². The summed E-state index contributed by atoms with van der Waals surface area (Å²) in [6.45, 7) is 2.43. The maximum Gasteiger partial charge on any atom is 0.222 e. The van der Waals surface area contributed by atoms with Crippen molar-refractivity contribution >= 4 is 5.91 Å². The zero-order valence-electron chi connectivity index (χ0n) is 11.7. The molecule has 1 aromatic rings. The summed E-state index contributed by atoms with van der Waals surface area (Å²) in [5.74, 6) is 0.0988. The number of rotatable bonds is 4. The smallest absolute Gasteiger partial charge is 0.222 e. The van der Waals surface area contributed by atoms with E-state index in [4.69, 9.17) is 4.74 Å². The van der Waals surface area contributed by atoms with E-state index in [0.717, 1.165) is 32.4 Å². The van der Waals surface area contributed by atoms with Crippen LogP contribution in [0.2, 0.25) is 0 Å². The second-order valence-electron chi connectivity index (χ2n) is 5.60. The Labute approximate surface area is 119 Å². The second-order valence-corrected chi connectivity index (χ2v) is 5.60. The highest BCUT2D eigenvalue weighted by Crippen LogP contribution is 2.22. The molecule has 0 radical (unpaired) electrons. The van der Waals surface area contributed by atoms with Crippen LogP contribution in [-0.4, -0.2) is 31.7 Å². The van der Waals surface area contributed by atoms with Gasteiger partial charge >= 0.3 is 0 Å². The van der Waals surface area contributed by atoms with E-state index in [9.17, 15) is 4.79 Å². The quantitative estimate of drug-likeness (QED) is 0.876. The summed E-state index contributed by atoms with van der Waals surface area (Å²) in [6.07, 6.45) is 3.78. The third-order valence-corrected chi connectivity index (χ3v) is 4.16. The minimum absolute atomic E-state index is 0.0988. The Morgan fingerprint density at radius 1 is 1.40 bits per heavy atom. The van der Waals surface area contributed by atoms with Crippen molar-refractivity contribution in [2.75, 3.05) is 19.7 Å². The fourth-order valence-corrected chi connectivity index (χ4v) is 3.08. The van der Waals surface area contributed by atoms with Gasteiger partial charge in [0, 0.05) is 19.2 Å². The van der Waals surface area contributed by atoms with Crippen molar-refractivity contribution in [1.29, 1.82) is 0 Å². The SMILES string of the molecule is O=C(C[C@@H]1CCCO1)NC[C@@H]1NCCc2ccccc21. The molecule has 1 amide bonds. The number of ether oxygens (including phenoxy) is 1. The van der Waals surface area contributed by atoms with Crippen molar-refractivity contribution in [3.8, 4) is 0 Å². The lowest BCUT2D eigenvalue weighted by Gasteiger charge is -2.27. The molecule has 1 aromatic carbocycles. The lowest BCUT2D eigenvalue weighted by molar-refractivity contribution is -0.123. The lowest BCUT2D eigenvalue weighted by atomic mass is 9.94. The van der Waals surface area contributed by atoms with E-state index < -0.39 is 0 Å². The van der Waals surface area contributed by atoms with Crippen molar-refractivity contribution in [2.45, 2.75) is 37.8 Å². The fraction of sp³-hybridized carbons (Fsp3) is 0.562. The number of carbonyl (C=O) groups excluding carboxylic acids is 1. The average Bonchev–Trinajstić information content (AvgIpc) is 2.98. The molecule has 0 bridgehead atoms. The molecular weight excluding hydrogens is 252 g/mol. The number of carbonyl (C=O) groups is 1. The number of benzene rings is 1. The normalized spacial score (nSPS) is 25.2. The largest absolute Gasteiger partial charge is 0.378 e. The van der Waals surface area contributed by atoms with Gasteiger partial charge in [0.1, 0.15) is 0 Å².